The maximum Gasteiger partial charge on any atom is 0.246 e. The molecule has 6 atom stereocenters. The number of fused-ring (bicyclic) bond motifs is 6. The van der Waals surface area contributed by atoms with Gasteiger partial charge in [0, 0.05) is 30.3 Å². The van der Waals surface area contributed by atoms with Crippen LogP contribution in [0, 0.1) is 23.2 Å². The number of carbonyl (C=O) groups excluding carboxylic acids is 1. The quantitative estimate of drug-likeness (QED) is 0.457. The first-order chi connectivity index (χ1) is 21.5. The number of aliphatic imine (C=N–C) groups is 1. The zero-order chi connectivity index (χ0) is 29.7. The van der Waals surface area contributed by atoms with Crippen molar-refractivity contribution in [2.45, 2.75) is 74.5 Å². The van der Waals surface area contributed by atoms with Crippen molar-refractivity contribution in [3.05, 3.63) is 76.8 Å². The van der Waals surface area contributed by atoms with Gasteiger partial charge in [-0.25, -0.2) is 9.38 Å². The summed E-state index contributed by atoms with van der Waals surface area (Å²) >= 11 is 0. The lowest BCUT2D eigenvalue weighted by molar-refractivity contribution is -0.129. The predicted octanol–water partition coefficient (Wildman–Crippen LogP) is 4.89. The van der Waals surface area contributed by atoms with Crippen molar-refractivity contribution < 1.29 is 13.9 Å². The van der Waals surface area contributed by atoms with Crippen LogP contribution in [0.2, 0.25) is 0 Å². The van der Waals surface area contributed by atoms with E-state index in [4.69, 9.17) is 9.73 Å². The Labute approximate surface area is 258 Å². The van der Waals surface area contributed by atoms with Gasteiger partial charge in [0.2, 0.25) is 11.8 Å². The molecule has 7 nitrogen and oxygen atoms in total. The van der Waals surface area contributed by atoms with E-state index in [1.165, 1.54) is 36.5 Å². The van der Waals surface area contributed by atoms with E-state index in [0.29, 0.717) is 48.6 Å². The number of likely N-dealkylation sites (tertiary alicyclic amines) is 2. The molecule has 0 radical (unpaired) electrons. The fourth-order valence-electron chi connectivity index (χ4n) is 9.83. The van der Waals surface area contributed by atoms with Crippen LogP contribution in [-0.4, -0.2) is 83.0 Å². The molecule has 1 saturated carbocycles. The molecule has 0 bridgehead atoms. The molecule has 1 amide bonds. The van der Waals surface area contributed by atoms with E-state index >= 15 is 4.39 Å². The van der Waals surface area contributed by atoms with Gasteiger partial charge in [-0.2, -0.15) is 5.26 Å². The van der Waals surface area contributed by atoms with Crippen LogP contribution < -0.4 is 0 Å². The van der Waals surface area contributed by atoms with Crippen LogP contribution in [0.5, 0.6) is 0 Å². The van der Waals surface area contributed by atoms with Gasteiger partial charge in [0.25, 0.3) is 0 Å². The van der Waals surface area contributed by atoms with Crippen molar-refractivity contribution in [2.75, 3.05) is 32.8 Å². The standard InChI is InChI=1S/C36H38FN5O2/c1-2-32(43)41-13-8-30-31(41)19-42(30)34-26-16-28(37)25(23-7-3-6-21-14-22-15-24(22)33(21)23)17-29(26)39-35(27(34)18-38)44-20-36-9-4-11-40(36)12-5-10-36/h2-3,6-7,16-17,22,24,26,29-31H,1,4-5,8-15,19-20H2/t22?,24?,26?,29?,30-,31-/m1/s1. The van der Waals surface area contributed by atoms with Gasteiger partial charge in [0.05, 0.1) is 23.7 Å². The number of hydrogen-bond acceptors (Lipinski definition) is 6. The molecule has 226 valence electrons. The summed E-state index contributed by atoms with van der Waals surface area (Å²) in [6.45, 7) is 7.67. The van der Waals surface area contributed by atoms with Gasteiger partial charge < -0.3 is 14.5 Å². The van der Waals surface area contributed by atoms with E-state index in [1.807, 2.05) is 11.0 Å². The second-order valence-electron chi connectivity index (χ2n) is 14.1. The number of dihydropyridines is 1. The van der Waals surface area contributed by atoms with E-state index < -0.39 is 5.92 Å². The molecule has 5 aliphatic heterocycles. The first kappa shape index (κ1) is 26.7. The molecule has 3 aliphatic carbocycles. The van der Waals surface area contributed by atoms with Gasteiger partial charge in [-0.1, -0.05) is 24.8 Å². The fraction of sp³-hybridized carbons (Fsp3) is 0.528. The average Bonchev–Trinajstić information content (AvgIpc) is 3.32. The fourth-order valence-corrected chi connectivity index (χ4v) is 9.83. The first-order valence-electron chi connectivity index (χ1n) is 16.5. The Bertz CT molecular complexity index is 1640. The minimum Gasteiger partial charge on any atom is -0.475 e. The number of nitrogens with zero attached hydrogens (tertiary/aromatic N) is 5. The zero-order valence-electron chi connectivity index (χ0n) is 25.1. The van der Waals surface area contributed by atoms with E-state index in [-0.39, 0.29) is 35.4 Å². The highest BCUT2D eigenvalue weighted by Crippen LogP contribution is 2.59. The van der Waals surface area contributed by atoms with Crippen molar-refractivity contribution in [1.29, 1.82) is 5.26 Å². The maximum atomic E-state index is 16.3. The molecular formula is C36H38FN5O2. The maximum absolute atomic E-state index is 16.3. The van der Waals surface area contributed by atoms with Gasteiger partial charge in [0.1, 0.15) is 24.1 Å². The highest BCUT2D eigenvalue weighted by Gasteiger charge is 2.53. The highest BCUT2D eigenvalue weighted by molar-refractivity contribution is 6.00. The highest BCUT2D eigenvalue weighted by atomic mass is 19.1. The van der Waals surface area contributed by atoms with E-state index in [1.54, 1.807) is 6.08 Å². The molecule has 9 rings (SSSR count). The van der Waals surface area contributed by atoms with Crippen LogP contribution in [0.25, 0.3) is 5.57 Å². The Balaban J connectivity index is 1.10. The molecule has 5 heterocycles. The SMILES string of the molecule is C=CC(=O)N1CC[C@@H]2[C@H]1CN2C1=C(C#N)C(OCC23CCCN2CCC3)=NC2C=C(c3cccc4c3C3CC3C4)C(F)=CC12. The van der Waals surface area contributed by atoms with Crippen molar-refractivity contribution >= 4 is 17.4 Å². The lowest BCUT2D eigenvalue weighted by atomic mass is 9.79. The molecule has 0 spiro atoms. The first-order valence-corrected chi connectivity index (χ1v) is 16.5. The number of hydrogen-bond donors (Lipinski definition) is 0. The third kappa shape index (κ3) is 3.74. The third-order valence-electron chi connectivity index (χ3n) is 12.1. The summed E-state index contributed by atoms with van der Waals surface area (Å²) in [7, 11) is 0. The van der Waals surface area contributed by atoms with Crippen molar-refractivity contribution in [3.8, 4) is 6.07 Å². The smallest absolute Gasteiger partial charge is 0.246 e. The minimum atomic E-state index is -0.399. The van der Waals surface area contributed by atoms with Gasteiger partial charge >= 0.3 is 0 Å². The second kappa shape index (κ2) is 9.65. The summed E-state index contributed by atoms with van der Waals surface area (Å²) in [5, 5.41) is 10.6. The monoisotopic (exact) mass is 591 g/mol. The summed E-state index contributed by atoms with van der Waals surface area (Å²) in [4.78, 5) is 24.3. The summed E-state index contributed by atoms with van der Waals surface area (Å²) in [6.07, 6.45) is 12.7. The van der Waals surface area contributed by atoms with E-state index in [9.17, 15) is 10.1 Å². The summed E-state index contributed by atoms with van der Waals surface area (Å²) in [6, 6.07) is 8.55. The zero-order valence-corrected chi connectivity index (χ0v) is 25.1. The predicted molar refractivity (Wildman–Crippen MR) is 165 cm³/mol. The number of allylic oxidation sites excluding steroid dienone is 2. The Morgan fingerprint density at radius 1 is 1.20 bits per heavy atom. The summed E-state index contributed by atoms with van der Waals surface area (Å²) < 4.78 is 22.9. The lowest BCUT2D eigenvalue weighted by Gasteiger charge is -2.52. The molecule has 8 heteroatoms. The molecule has 0 aromatic heterocycles. The summed E-state index contributed by atoms with van der Waals surface area (Å²) in [5.41, 5.74) is 5.53. The van der Waals surface area contributed by atoms with Crippen molar-refractivity contribution in [2.24, 2.45) is 16.8 Å². The van der Waals surface area contributed by atoms with Gasteiger partial charge in [-0.15, -0.1) is 0 Å². The molecule has 0 N–H and O–H groups in total. The number of rotatable bonds is 5. The number of ether oxygens (including phenoxy) is 1. The Morgan fingerprint density at radius 3 is 2.84 bits per heavy atom. The van der Waals surface area contributed by atoms with Gasteiger partial charge in [-0.05, 0) is 105 Å². The van der Waals surface area contributed by atoms with Crippen LogP contribution in [0.15, 0.2) is 65.1 Å². The van der Waals surface area contributed by atoms with E-state index in [0.717, 1.165) is 50.0 Å². The Morgan fingerprint density at radius 2 is 2.05 bits per heavy atom. The Hall–Kier alpha value is -3.70. The van der Waals surface area contributed by atoms with Crippen LogP contribution in [0.4, 0.5) is 4.39 Å². The number of carbonyl (C=O) groups is 1. The topological polar surface area (TPSA) is 72.2 Å². The third-order valence-corrected chi connectivity index (χ3v) is 12.1. The van der Waals surface area contributed by atoms with Crippen LogP contribution in [-0.2, 0) is 16.0 Å². The number of amides is 1. The molecular weight excluding hydrogens is 553 g/mol. The van der Waals surface area contributed by atoms with Crippen LogP contribution in [0.1, 0.15) is 61.1 Å². The van der Waals surface area contributed by atoms with Crippen molar-refractivity contribution in [1.82, 2.24) is 14.7 Å². The average molecular weight is 592 g/mol. The lowest BCUT2D eigenvalue weighted by Crippen LogP contribution is -2.63. The molecule has 8 aliphatic rings. The molecule has 5 fully saturated rings. The minimum absolute atomic E-state index is 0.0178. The molecule has 4 unspecified atom stereocenters. The van der Waals surface area contributed by atoms with Crippen molar-refractivity contribution in [3.63, 3.8) is 0 Å². The van der Waals surface area contributed by atoms with Gasteiger partial charge in [0.15, 0.2) is 0 Å². The van der Waals surface area contributed by atoms with Gasteiger partial charge in [-0.3, -0.25) is 9.69 Å². The normalized spacial score (nSPS) is 34.0. The number of benzene rings is 1. The Kier molecular flexibility index (Phi) is 5.85. The molecule has 1 aromatic carbocycles. The molecule has 4 saturated heterocycles. The molecule has 1 aromatic rings. The number of nitriles is 1. The van der Waals surface area contributed by atoms with Crippen LogP contribution in [0.3, 0.4) is 0 Å². The molecule has 44 heavy (non-hydrogen) atoms. The second-order valence-corrected chi connectivity index (χ2v) is 14.1. The van der Waals surface area contributed by atoms with Crippen LogP contribution >= 0.6 is 0 Å². The number of halogens is 1. The summed E-state index contributed by atoms with van der Waals surface area (Å²) in [5.74, 6) is 0.951. The van der Waals surface area contributed by atoms with E-state index in [2.05, 4.69) is 40.6 Å². The largest absolute Gasteiger partial charge is 0.475 e.